The highest BCUT2D eigenvalue weighted by Gasteiger charge is 2.12. The van der Waals surface area contributed by atoms with E-state index in [0.717, 1.165) is 21.3 Å². The Bertz CT molecular complexity index is 475. The van der Waals surface area contributed by atoms with Crippen LogP contribution < -0.4 is 5.73 Å². The maximum Gasteiger partial charge on any atom is 0.104 e. The summed E-state index contributed by atoms with van der Waals surface area (Å²) in [6.07, 6.45) is 2.50. The van der Waals surface area contributed by atoms with E-state index in [0.29, 0.717) is 13.2 Å². The van der Waals surface area contributed by atoms with Crippen molar-refractivity contribution < 1.29 is 4.74 Å². The summed E-state index contributed by atoms with van der Waals surface area (Å²) in [6.45, 7) is 1.06. The number of ether oxygens (including phenoxy) is 1. The Labute approximate surface area is 116 Å². The van der Waals surface area contributed by atoms with Gasteiger partial charge in [-0.25, -0.2) is 0 Å². The molecule has 0 aliphatic rings. The zero-order chi connectivity index (χ0) is 12.8. The third kappa shape index (κ3) is 3.78. The first-order valence-corrected chi connectivity index (χ1v) is 6.96. The highest BCUT2D eigenvalue weighted by Crippen LogP contribution is 2.28. The van der Waals surface area contributed by atoms with Crippen LogP contribution in [0.15, 0.2) is 36.5 Å². The van der Waals surface area contributed by atoms with E-state index >= 15 is 0 Å². The van der Waals surface area contributed by atoms with Crippen LogP contribution in [0.25, 0.3) is 0 Å². The van der Waals surface area contributed by atoms with E-state index in [1.807, 2.05) is 30.3 Å². The van der Waals surface area contributed by atoms with E-state index in [9.17, 15) is 0 Å². The van der Waals surface area contributed by atoms with Crippen molar-refractivity contribution in [3.8, 4) is 0 Å². The summed E-state index contributed by atoms with van der Waals surface area (Å²) < 4.78 is 6.54. The smallest absolute Gasteiger partial charge is 0.104 e. The molecule has 0 saturated carbocycles. The molecule has 2 heterocycles. The molecular weight excluding hydrogens is 268 g/mol. The molecular formula is C13H15ClN2OS. The Morgan fingerprint density at radius 3 is 2.83 bits per heavy atom. The first-order valence-electron chi connectivity index (χ1n) is 5.76. The standard InChI is InChI=1S/C13H15ClN2OS/c14-13-5-4-12(18-13)11(9-15)17-8-6-10-3-1-2-7-16-10/h1-5,7,11H,6,8-9,15H2. The molecule has 2 aromatic heterocycles. The van der Waals surface area contributed by atoms with E-state index in [-0.39, 0.29) is 6.10 Å². The second-order valence-electron chi connectivity index (χ2n) is 3.81. The molecule has 0 fully saturated rings. The van der Waals surface area contributed by atoms with Crippen LogP contribution in [-0.2, 0) is 11.2 Å². The lowest BCUT2D eigenvalue weighted by molar-refractivity contribution is 0.0629. The van der Waals surface area contributed by atoms with Gasteiger partial charge in [0.2, 0.25) is 0 Å². The Kier molecular flexibility index (Phi) is 5.13. The van der Waals surface area contributed by atoms with Crippen LogP contribution in [-0.4, -0.2) is 18.1 Å². The van der Waals surface area contributed by atoms with E-state index in [1.165, 1.54) is 11.3 Å². The zero-order valence-corrected chi connectivity index (χ0v) is 11.5. The van der Waals surface area contributed by atoms with Gasteiger partial charge in [-0.3, -0.25) is 4.98 Å². The number of pyridine rings is 1. The first-order chi connectivity index (χ1) is 8.79. The molecule has 0 aliphatic carbocycles. The van der Waals surface area contributed by atoms with Crippen LogP contribution in [0.1, 0.15) is 16.7 Å². The van der Waals surface area contributed by atoms with E-state index < -0.39 is 0 Å². The van der Waals surface area contributed by atoms with Crippen LogP contribution in [0.5, 0.6) is 0 Å². The minimum absolute atomic E-state index is 0.0776. The number of nitrogens with two attached hydrogens (primary N) is 1. The summed E-state index contributed by atoms with van der Waals surface area (Å²) in [5.74, 6) is 0. The largest absolute Gasteiger partial charge is 0.371 e. The highest BCUT2D eigenvalue weighted by molar-refractivity contribution is 7.16. The maximum atomic E-state index is 5.90. The quantitative estimate of drug-likeness (QED) is 0.886. The molecule has 0 spiro atoms. The monoisotopic (exact) mass is 282 g/mol. The minimum Gasteiger partial charge on any atom is -0.371 e. The fourth-order valence-electron chi connectivity index (χ4n) is 1.62. The molecule has 5 heteroatoms. The molecule has 18 heavy (non-hydrogen) atoms. The van der Waals surface area contributed by atoms with Crippen LogP contribution in [0.4, 0.5) is 0 Å². The van der Waals surface area contributed by atoms with Crippen molar-refractivity contribution in [3.05, 3.63) is 51.4 Å². The third-order valence-corrected chi connectivity index (χ3v) is 3.85. The van der Waals surface area contributed by atoms with Crippen molar-refractivity contribution in [2.75, 3.05) is 13.2 Å². The number of hydrogen-bond donors (Lipinski definition) is 1. The maximum absolute atomic E-state index is 5.90. The van der Waals surface area contributed by atoms with Gasteiger partial charge in [-0.05, 0) is 24.3 Å². The second-order valence-corrected chi connectivity index (χ2v) is 5.55. The van der Waals surface area contributed by atoms with Crippen molar-refractivity contribution >= 4 is 22.9 Å². The topological polar surface area (TPSA) is 48.1 Å². The van der Waals surface area contributed by atoms with Gasteiger partial charge in [0, 0.05) is 29.7 Å². The summed E-state index contributed by atoms with van der Waals surface area (Å²) in [5.41, 5.74) is 6.74. The summed E-state index contributed by atoms with van der Waals surface area (Å²) in [6, 6.07) is 9.70. The molecule has 0 aliphatic heterocycles. The second kappa shape index (κ2) is 6.85. The molecule has 1 atom stereocenters. The van der Waals surface area contributed by atoms with Gasteiger partial charge in [-0.2, -0.15) is 0 Å². The number of hydrogen-bond acceptors (Lipinski definition) is 4. The Morgan fingerprint density at radius 2 is 2.22 bits per heavy atom. The molecule has 2 N–H and O–H groups in total. The first kappa shape index (κ1) is 13.5. The average molecular weight is 283 g/mol. The van der Waals surface area contributed by atoms with Crippen LogP contribution in [0.3, 0.4) is 0 Å². The van der Waals surface area contributed by atoms with Gasteiger partial charge in [0.1, 0.15) is 6.10 Å². The Balaban J connectivity index is 1.85. The van der Waals surface area contributed by atoms with Gasteiger partial charge in [-0.1, -0.05) is 17.7 Å². The SMILES string of the molecule is NCC(OCCc1ccccn1)c1ccc(Cl)s1. The van der Waals surface area contributed by atoms with Gasteiger partial charge in [-0.15, -0.1) is 11.3 Å². The lowest BCUT2D eigenvalue weighted by Gasteiger charge is -2.14. The lowest BCUT2D eigenvalue weighted by atomic mass is 10.2. The molecule has 2 aromatic rings. The van der Waals surface area contributed by atoms with Crippen molar-refractivity contribution in [2.24, 2.45) is 5.73 Å². The van der Waals surface area contributed by atoms with Crippen molar-refractivity contribution in [1.29, 1.82) is 0 Å². The van der Waals surface area contributed by atoms with Crippen LogP contribution in [0, 0.1) is 0 Å². The summed E-state index contributed by atoms with van der Waals surface area (Å²) >= 11 is 7.42. The molecule has 0 saturated heterocycles. The van der Waals surface area contributed by atoms with Crippen LogP contribution in [0.2, 0.25) is 4.34 Å². The number of rotatable bonds is 6. The molecule has 0 radical (unpaired) electrons. The fourth-order valence-corrected chi connectivity index (χ4v) is 2.74. The third-order valence-electron chi connectivity index (χ3n) is 2.53. The van der Waals surface area contributed by atoms with Gasteiger partial charge in [0.15, 0.2) is 0 Å². The lowest BCUT2D eigenvalue weighted by Crippen LogP contribution is -2.16. The average Bonchev–Trinajstić information content (AvgIpc) is 2.82. The van der Waals surface area contributed by atoms with E-state index in [1.54, 1.807) is 6.20 Å². The molecule has 2 rings (SSSR count). The van der Waals surface area contributed by atoms with Crippen molar-refractivity contribution in [1.82, 2.24) is 4.98 Å². The number of halogens is 1. The van der Waals surface area contributed by atoms with Crippen molar-refractivity contribution in [2.45, 2.75) is 12.5 Å². The van der Waals surface area contributed by atoms with Gasteiger partial charge in [0.05, 0.1) is 10.9 Å². The van der Waals surface area contributed by atoms with Crippen LogP contribution >= 0.6 is 22.9 Å². The normalized spacial score (nSPS) is 12.6. The molecule has 0 amide bonds. The predicted molar refractivity (Wildman–Crippen MR) is 75.0 cm³/mol. The fraction of sp³-hybridized carbons (Fsp3) is 0.308. The molecule has 0 aromatic carbocycles. The van der Waals surface area contributed by atoms with E-state index in [4.69, 9.17) is 22.1 Å². The Hall–Kier alpha value is -0.940. The Morgan fingerprint density at radius 1 is 1.33 bits per heavy atom. The van der Waals surface area contributed by atoms with Crippen molar-refractivity contribution in [3.63, 3.8) is 0 Å². The van der Waals surface area contributed by atoms with Gasteiger partial charge in [0.25, 0.3) is 0 Å². The van der Waals surface area contributed by atoms with Gasteiger partial charge >= 0.3 is 0 Å². The summed E-state index contributed by atoms with van der Waals surface area (Å²) in [7, 11) is 0. The van der Waals surface area contributed by atoms with Gasteiger partial charge < -0.3 is 10.5 Å². The molecule has 0 bridgehead atoms. The minimum atomic E-state index is -0.0776. The number of nitrogens with zero attached hydrogens (tertiary/aromatic N) is 1. The molecule has 3 nitrogen and oxygen atoms in total. The number of aromatic nitrogens is 1. The zero-order valence-electron chi connectivity index (χ0n) is 9.88. The predicted octanol–water partition coefficient (Wildman–Crippen LogP) is 3.06. The molecule has 1 unspecified atom stereocenters. The van der Waals surface area contributed by atoms with E-state index in [2.05, 4.69) is 4.98 Å². The number of thiophene rings is 1. The highest BCUT2D eigenvalue weighted by atomic mass is 35.5. The summed E-state index contributed by atoms with van der Waals surface area (Å²) in [4.78, 5) is 5.32. The summed E-state index contributed by atoms with van der Waals surface area (Å²) in [5, 5.41) is 0. The molecule has 96 valence electrons.